The minimum Gasteiger partial charge on any atom is -0.390 e. The lowest BCUT2D eigenvalue weighted by Crippen LogP contribution is -2.41. The van der Waals surface area contributed by atoms with Gasteiger partial charge in [0.15, 0.2) is 11.5 Å². The number of nitrogen functional groups attached to an aromatic ring is 1. The van der Waals surface area contributed by atoms with Gasteiger partial charge >= 0.3 is 7.82 Å². The summed E-state index contributed by atoms with van der Waals surface area (Å²) in [4.78, 5) is 39.9. The van der Waals surface area contributed by atoms with Crippen molar-refractivity contribution in [3.63, 3.8) is 0 Å². The van der Waals surface area contributed by atoms with Crippen molar-refractivity contribution in [3.05, 3.63) is 40.2 Å². The Hall–Kier alpha value is -2.84. The summed E-state index contributed by atoms with van der Waals surface area (Å²) in [5, 5.41) is 35.9. The van der Waals surface area contributed by atoms with Crippen molar-refractivity contribution >= 4 is 36.7 Å². The second-order valence-corrected chi connectivity index (χ2v) is 8.59. The number of aliphatic hydroxyl groups is 3. The first-order chi connectivity index (χ1) is 15.5. The van der Waals surface area contributed by atoms with E-state index in [-0.39, 0.29) is 18.1 Å². The third-order valence-electron chi connectivity index (χ3n) is 4.74. The topological polar surface area (TPSA) is 236 Å². The molecule has 3 rings (SSSR count). The van der Waals surface area contributed by atoms with Gasteiger partial charge < -0.3 is 41.5 Å². The highest BCUT2D eigenvalue weighted by atomic mass is 31.2. The van der Waals surface area contributed by atoms with Crippen LogP contribution >= 0.6 is 7.82 Å². The van der Waals surface area contributed by atoms with E-state index in [1.165, 1.54) is 0 Å². The van der Waals surface area contributed by atoms with E-state index < -0.39 is 38.3 Å². The predicted molar refractivity (Wildman–Crippen MR) is 120 cm³/mol. The number of benzene rings is 1. The number of nitrogens with two attached hydrogens (primary N) is 1. The summed E-state index contributed by atoms with van der Waals surface area (Å²) in [6, 6.07) is 6.87. The molecule has 33 heavy (non-hydrogen) atoms. The zero-order valence-electron chi connectivity index (χ0n) is 17.2. The largest absolute Gasteiger partial charge is 0.469 e. The summed E-state index contributed by atoms with van der Waals surface area (Å²) in [6.45, 7) is -0.0985. The highest BCUT2D eigenvalue weighted by Gasteiger charge is 2.27. The van der Waals surface area contributed by atoms with E-state index in [0.717, 1.165) is 5.69 Å². The van der Waals surface area contributed by atoms with E-state index in [1.807, 2.05) is 0 Å². The smallest absolute Gasteiger partial charge is 0.390 e. The molecule has 1 aromatic heterocycles. The first-order valence-electron chi connectivity index (χ1n) is 9.79. The number of aliphatic hydroxyl groups excluding tert-OH is 3. The number of H-pyrrole nitrogens is 1. The molecule has 0 unspecified atom stereocenters. The van der Waals surface area contributed by atoms with Crippen molar-refractivity contribution < 1.29 is 34.2 Å². The predicted octanol–water partition coefficient (Wildman–Crippen LogP) is -1.30. The van der Waals surface area contributed by atoms with Crippen LogP contribution in [0.1, 0.15) is 5.56 Å². The van der Waals surface area contributed by atoms with Crippen molar-refractivity contribution in [2.24, 2.45) is 4.99 Å². The molecule has 0 saturated heterocycles. The number of hydrogen-bond donors (Lipinski definition) is 9. The fraction of sp³-hybridized carbons (Fsp3) is 0.389. The van der Waals surface area contributed by atoms with Gasteiger partial charge in [-0.2, -0.15) is 4.98 Å². The Morgan fingerprint density at radius 3 is 2.55 bits per heavy atom. The normalized spacial score (nSPS) is 16.2. The molecular formula is C18H25N6O8P. The van der Waals surface area contributed by atoms with Gasteiger partial charge in [-0.25, -0.2) is 9.56 Å². The molecule has 0 bridgehead atoms. The molecular weight excluding hydrogens is 459 g/mol. The lowest BCUT2D eigenvalue weighted by atomic mass is 10.0. The van der Waals surface area contributed by atoms with Gasteiger partial charge in [-0.15, -0.1) is 0 Å². The van der Waals surface area contributed by atoms with Crippen LogP contribution < -0.4 is 21.9 Å². The van der Waals surface area contributed by atoms with Crippen LogP contribution in [0, 0.1) is 0 Å². The molecule has 14 nitrogen and oxygen atoms in total. The summed E-state index contributed by atoms with van der Waals surface area (Å²) in [5.74, 6) is 0.327. The van der Waals surface area contributed by atoms with Gasteiger partial charge in [-0.05, 0) is 17.7 Å². The van der Waals surface area contributed by atoms with E-state index in [9.17, 15) is 24.7 Å². The quantitative estimate of drug-likeness (QED) is 0.179. The number of hydrogen-bond acceptors (Lipinski definition) is 11. The van der Waals surface area contributed by atoms with Crippen LogP contribution in [0.3, 0.4) is 0 Å². The summed E-state index contributed by atoms with van der Waals surface area (Å²) in [5.41, 5.74) is 7.29. The maximum Gasteiger partial charge on any atom is 0.469 e. The Morgan fingerprint density at radius 1 is 1.18 bits per heavy atom. The molecule has 0 amide bonds. The van der Waals surface area contributed by atoms with Gasteiger partial charge in [0, 0.05) is 12.1 Å². The summed E-state index contributed by atoms with van der Waals surface area (Å²) in [6.07, 6.45) is -4.74. The Balaban J connectivity index is 1.52. The average molecular weight is 484 g/mol. The maximum absolute atomic E-state index is 12.0. The molecule has 2 heterocycles. The van der Waals surface area contributed by atoms with Crippen LogP contribution in [0.15, 0.2) is 34.1 Å². The first kappa shape index (κ1) is 24.8. The fourth-order valence-corrected chi connectivity index (χ4v) is 3.40. The third kappa shape index (κ3) is 7.07. The molecule has 1 aliphatic heterocycles. The van der Waals surface area contributed by atoms with Crippen LogP contribution in [-0.2, 0) is 15.5 Å². The molecule has 1 aromatic carbocycles. The lowest BCUT2D eigenvalue weighted by molar-refractivity contribution is -0.0746. The molecule has 0 aliphatic carbocycles. The zero-order valence-corrected chi connectivity index (χ0v) is 18.1. The Kier molecular flexibility index (Phi) is 7.81. The number of phosphoric ester groups is 1. The third-order valence-corrected chi connectivity index (χ3v) is 5.23. The number of aromatic amines is 1. The number of aromatic nitrogens is 2. The minimum atomic E-state index is -4.80. The highest BCUT2D eigenvalue weighted by molar-refractivity contribution is 7.46. The molecule has 0 saturated carbocycles. The molecule has 15 heteroatoms. The highest BCUT2D eigenvalue weighted by Crippen LogP contribution is 2.35. The second-order valence-electron chi connectivity index (χ2n) is 7.35. The number of phosphoric acid groups is 1. The van der Waals surface area contributed by atoms with Crippen molar-refractivity contribution in [1.29, 1.82) is 0 Å². The standard InChI is InChI=1S/C18H25N6O8P/c19-18-23-16-14(17(28)24-18)22-11(7-21-16)6-20-10-3-1-9(2-4-10)5-12(25)15(27)13(26)8-32-33(29,30)31/h1-4,12-13,15,20,25-27H,5-8H2,(H2,29,30,31)(H4,19,21,23,24,28)/t12-,13+,15-/m0/s1. The SMILES string of the molecule is Nc1nc2c(c(=O)[nH]1)N=C(CNc1ccc(C[C@H](O)[C@H](O)[C@H](O)COP(=O)(O)O)cc1)CN2. The van der Waals surface area contributed by atoms with E-state index in [0.29, 0.717) is 30.2 Å². The molecule has 0 radical (unpaired) electrons. The molecule has 0 spiro atoms. The van der Waals surface area contributed by atoms with Gasteiger partial charge in [0.2, 0.25) is 5.95 Å². The Labute approximate surface area is 187 Å². The van der Waals surface area contributed by atoms with Crippen molar-refractivity contribution in [1.82, 2.24) is 9.97 Å². The molecule has 10 N–H and O–H groups in total. The minimum absolute atomic E-state index is 0.00438. The molecule has 0 fully saturated rings. The van der Waals surface area contributed by atoms with Gasteiger partial charge in [0.25, 0.3) is 5.56 Å². The van der Waals surface area contributed by atoms with Gasteiger partial charge in [0.05, 0.1) is 31.5 Å². The van der Waals surface area contributed by atoms with E-state index in [4.69, 9.17) is 15.5 Å². The molecule has 3 atom stereocenters. The van der Waals surface area contributed by atoms with Gasteiger partial charge in [0.1, 0.15) is 12.2 Å². The number of aliphatic imine (C=N–C) groups is 1. The summed E-state index contributed by atoms with van der Waals surface area (Å²) >= 11 is 0. The maximum atomic E-state index is 12.0. The van der Waals surface area contributed by atoms with Crippen LogP contribution in [0.2, 0.25) is 0 Å². The van der Waals surface area contributed by atoms with Crippen LogP contribution in [0.5, 0.6) is 0 Å². The first-order valence-corrected chi connectivity index (χ1v) is 11.3. The molecule has 180 valence electrons. The van der Waals surface area contributed by atoms with Crippen LogP contribution in [0.4, 0.5) is 23.1 Å². The second kappa shape index (κ2) is 10.4. The zero-order chi connectivity index (χ0) is 24.2. The lowest BCUT2D eigenvalue weighted by Gasteiger charge is -2.23. The number of rotatable bonds is 10. The average Bonchev–Trinajstić information content (AvgIpc) is 2.76. The van der Waals surface area contributed by atoms with E-state index in [2.05, 4.69) is 30.1 Å². The Morgan fingerprint density at radius 2 is 1.88 bits per heavy atom. The fourth-order valence-electron chi connectivity index (χ4n) is 3.05. The number of nitrogens with zero attached hydrogens (tertiary/aromatic N) is 2. The van der Waals surface area contributed by atoms with E-state index in [1.54, 1.807) is 24.3 Å². The van der Waals surface area contributed by atoms with Crippen molar-refractivity contribution in [2.45, 2.75) is 24.7 Å². The van der Waals surface area contributed by atoms with Gasteiger partial charge in [-0.3, -0.25) is 14.3 Å². The summed E-state index contributed by atoms with van der Waals surface area (Å²) in [7, 11) is -4.80. The van der Waals surface area contributed by atoms with E-state index >= 15 is 0 Å². The number of anilines is 3. The number of nitrogens with one attached hydrogen (secondary N) is 3. The van der Waals surface area contributed by atoms with Crippen LogP contribution in [0.25, 0.3) is 0 Å². The van der Waals surface area contributed by atoms with Crippen molar-refractivity contribution in [2.75, 3.05) is 36.1 Å². The number of fused-ring (bicyclic) bond motifs is 1. The van der Waals surface area contributed by atoms with Crippen molar-refractivity contribution in [3.8, 4) is 0 Å². The summed E-state index contributed by atoms with van der Waals surface area (Å²) < 4.78 is 14.8. The molecule has 1 aliphatic rings. The monoisotopic (exact) mass is 484 g/mol. The van der Waals surface area contributed by atoms with Gasteiger partial charge in [-0.1, -0.05) is 12.1 Å². The van der Waals surface area contributed by atoms with Crippen LogP contribution in [-0.4, -0.2) is 78.8 Å². The molecule has 2 aromatic rings. The Bertz CT molecular complexity index is 1100.